The Balaban J connectivity index is 2.29. The van der Waals surface area contributed by atoms with Crippen molar-refractivity contribution in [2.75, 3.05) is 5.51 Å². The van der Waals surface area contributed by atoms with Crippen LogP contribution in [-0.4, -0.2) is 26.1 Å². The van der Waals surface area contributed by atoms with Crippen LogP contribution in [0.5, 0.6) is 0 Å². The molecule has 0 unspecified atom stereocenters. The van der Waals surface area contributed by atoms with Crippen molar-refractivity contribution in [3.05, 3.63) is 30.3 Å². The molecule has 0 N–H and O–H groups in total. The van der Waals surface area contributed by atoms with Gasteiger partial charge in [0.1, 0.15) is 0 Å². The van der Waals surface area contributed by atoms with Crippen molar-refractivity contribution in [2.45, 2.75) is 26.4 Å². The average Bonchev–Trinajstić information content (AvgIpc) is 2.04. The van der Waals surface area contributed by atoms with E-state index in [4.69, 9.17) is 4.74 Å². The zero-order valence-corrected chi connectivity index (χ0v) is 10.1. The van der Waals surface area contributed by atoms with E-state index in [-0.39, 0.29) is 5.60 Å². The Morgan fingerprint density at radius 3 is 2.31 bits per heavy atom. The Hall–Kier alpha value is -0.301. The predicted molar refractivity (Wildman–Crippen MR) is 57.5 cm³/mol. The van der Waals surface area contributed by atoms with Crippen molar-refractivity contribution in [3.8, 4) is 0 Å². The van der Waals surface area contributed by atoms with E-state index in [0.717, 1.165) is 5.51 Å². The second kappa shape index (κ2) is 4.80. The van der Waals surface area contributed by atoms with Gasteiger partial charge in [0, 0.05) is 0 Å². The zero-order chi connectivity index (χ0) is 9.73. The fourth-order valence-corrected chi connectivity index (χ4v) is 2.68. The van der Waals surface area contributed by atoms with Gasteiger partial charge in [-0.1, -0.05) is 0 Å². The average molecular weight is 243 g/mol. The van der Waals surface area contributed by atoms with Gasteiger partial charge in [-0.15, -0.1) is 0 Å². The molecule has 1 rings (SSSR count). The summed E-state index contributed by atoms with van der Waals surface area (Å²) in [6, 6.07) is 10.5. The van der Waals surface area contributed by atoms with Crippen molar-refractivity contribution in [3.63, 3.8) is 0 Å². The van der Waals surface area contributed by atoms with Gasteiger partial charge in [0.2, 0.25) is 0 Å². The molecule has 0 aliphatic carbocycles. The van der Waals surface area contributed by atoms with Gasteiger partial charge in [0.25, 0.3) is 0 Å². The SMILES string of the molecule is CC(C)(C)OC[Se]c1ccccc1. The van der Waals surface area contributed by atoms with Crippen LogP contribution in [0.1, 0.15) is 20.8 Å². The van der Waals surface area contributed by atoms with Crippen molar-refractivity contribution in [1.82, 2.24) is 0 Å². The molecule has 0 atom stereocenters. The number of ether oxygens (including phenoxy) is 1. The summed E-state index contributed by atoms with van der Waals surface area (Å²) in [7, 11) is 0. The van der Waals surface area contributed by atoms with Crippen LogP contribution in [0.2, 0.25) is 0 Å². The molecule has 0 saturated heterocycles. The standard InChI is InChI=1S/C11H16OSe/c1-11(2,3)12-9-13-10-7-5-4-6-8-10/h4-8H,9H2,1-3H3. The number of hydrogen-bond donors (Lipinski definition) is 0. The third-order valence-corrected chi connectivity index (χ3v) is 3.23. The Labute approximate surface area is 86.7 Å². The normalized spacial score (nSPS) is 11.6. The Kier molecular flexibility index (Phi) is 3.98. The molecule has 0 spiro atoms. The van der Waals surface area contributed by atoms with Crippen molar-refractivity contribution < 1.29 is 4.74 Å². The summed E-state index contributed by atoms with van der Waals surface area (Å²) in [6.45, 7) is 6.27. The molecule has 1 aromatic rings. The molecule has 2 heteroatoms. The fourth-order valence-electron chi connectivity index (χ4n) is 0.791. The molecule has 72 valence electrons. The second-order valence-corrected chi connectivity index (χ2v) is 5.92. The maximum atomic E-state index is 5.66. The Bertz CT molecular complexity index is 238. The van der Waals surface area contributed by atoms with Crippen LogP contribution < -0.4 is 4.46 Å². The van der Waals surface area contributed by atoms with Gasteiger partial charge in [0.05, 0.1) is 0 Å². The zero-order valence-electron chi connectivity index (χ0n) is 8.41. The van der Waals surface area contributed by atoms with E-state index in [1.54, 1.807) is 0 Å². The van der Waals surface area contributed by atoms with Crippen LogP contribution in [0.4, 0.5) is 0 Å². The van der Waals surface area contributed by atoms with Crippen LogP contribution in [0, 0.1) is 0 Å². The first kappa shape index (κ1) is 10.8. The van der Waals surface area contributed by atoms with Crippen LogP contribution in [-0.2, 0) is 4.74 Å². The van der Waals surface area contributed by atoms with E-state index in [1.807, 2.05) is 6.07 Å². The number of benzene rings is 1. The molecule has 1 aromatic carbocycles. The van der Waals surface area contributed by atoms with Gasteiger partial charge in [0.15, 0.2) is 0 Å². The summed E-state index contributed by atoms with van der Waals surface area (Å²) >= 11 is 0.453. The summed E-state index contributed by atoms with van der Waals surface area (Å²) < 4.78 is 7.06. The third-order valence-electron chi connectivity index (χ3n) is 1.46. The molecule has 0 saturated carbocycles. The minimum atomic E-state index is -0.00344. The monoisotopic (exact) mass is 244 g/mol. The summed E-state index contributed by atoms with van der Waals surface area (Å²) in [5.41, 5.74) is 0.858. The van der Waals surface area contributed by atoms with Crippen LogP contribution >= 0.6 is 0 Å². The van der Waals surface area contributed by atoms with Crippen LogP contribution in [0.3, 0.4) is 0 Å². The molecule has 0 radical (unpaired) electrons. The summed E-state index contributed by atoms with van der Waals surface area (Å²) in [5, 5.41) is 0. The fraction of sp³-hybridized carbons (Fsp3) is 0.455. The maximum absolute atomic E-state index is 5.66. The minimum absolute atomic E-state index is 0.00344. The number of rotatable bonds is 3. The first-order chi connectivity index (χ1) is 6.08. The van der Waals surface area contributed by atoms with Gasteiger partial charge in [-0.3, -0.25) is 0 Å². The molecular formula is C11H16OSe. The molecule has 0 aromatic heterocycles. The van der Waals surface area contributed by atoms with E-state index < -0.39 is 0 Å². The first-order valence-electron chi connectivity index (χ1n) is 4.40. The molecule has 1 nitrogen and oxygen atoms in total. The van der Waals surface area contributed by atoms with Gasteiger partial charge in [-0.05, 0) is 0 Å². The number of hydrogen-bond acceptors (Lipinski definition) is 1. The van der Waals surface area contributed by atoms with E-state index in [1.165, 1.54) is 4.46 Å². The van der Waals surface area contributed by atoms with Crippen molar-refractivity contribution in [2.24, 2.45) is 0 Å². The van der Waals surface area contributed by atoms with Crippen molar-refractivity contribution >= 4 is 19.4 Å². The molecular weight excluding hydrogens is 227 g/mol. The van der Waals surface area contributed by atoms with Gasteiger partial charge < -0.3 is 0 Å². The van der Waals surface area contributed by atoms with Crippen LogP contribution in [0.15, 0.2) is 30.3 Å². The topological polar surface area (TPSA) is 9.23 Å². The summed E-state index contributed by atoms with van der Waals surface area (Å²) in [4.78, 5) is 0. The van der Waals surface area contributed by atoms with E-state index in [0.29, 0.717) is 15.0 Å². The predicted octanol–water partition coefficient (Wildman–Crippen LogP) is 1.79. The second-order valence-electron chi connectivity index (χ2n) is 3.83. The molecule has 0 heterocycles. The van der Waals surface area contributed by atoms with Gasteiger partial charge >= 0.3 is 86.4 Å². The molecule has 13 heavy (non-hydrogen) atoms. The molecule has 0 fully saturated rings. The summed E-state index contributed by atoms with van der Waals surface area (Å²) in [5.74, 6) is 0. The van der Waals surface area contributed by atoms with E-state index in [9.17, 15) is 0 Å². The first-order valence-corrected chi connectivity index (χ1v) is 6.46. The van der Waals surface area contributed by atoms with E-state index in [2.05, 4.69) is 45.0 Å². The third kappa shape index (κ3) is 5.09. The summed E-state index contributed by atoms with van der Waals surface area (Å²) in [6.07, 6.45) is 0. The molecule has 0 aliphatic heterocycles. The Morgan fingerprint density at radius 1 is 1.15 bits per heavy atom. The van der Waals surface area contributed by atoms with Gasteiger partial charge in [-0.25, -0.2) is 0 Å². The van der Waals surface area contributed by atoms with E-state index >= 15 is 0 Å². The quantitative estimate of drug-likeness (QED) is 0.735. The molecule has 0 bridgehead atoms. The molecule has 0 amide bonds. The Morgan fingerprint density at radius 2 is 1.77 bits per heavy atom. The van der Waals surface area contributed by atoms with Gasteiger partial charge in [-0.2, -0.15) is 0 Å². The van der Waals surface area contributed by atoms with Crippen molar-refractivity contribution in [1.29, 1.82) is 0 Å². The van der Waals surface area contributed by atoms with Crippen LogP contribution in [0.25, 0.3) is 0 Å². The molecule has 0 aliphatic rings.